The fraction of sp³-hybridized carbons (Fsp3) is 0.133. The van der Waals surface area contributed by atoms with Crippen LogP contribution in [-0.2, 0) is 0 Å². The molecule has 0 aliphatic carbocycles. The molecule has 0 saturated heterocycles. The number of benzene rings is 1. The second-order valence-electron chi connectivity index (χ2n) is 4.25. The molecule has 0 bridgehead atoms. The summed E-state index contributed by atoms with van der Waals surface area (Å²) in [4.78, 5) is 4.02. The zero-order valence-corrected chi connectivity index (χ0v) is 10.6. The van der Waals surface area contributed by atoms with E-state index >= 15 is 0 Å². The first-order valence-electron chi connectivity index (χ1n) is 5.87. The molecule has 3 nitrogen and oxygen atoms in total. The number of pyridine rings is 1. The van der Waals surface area contributed by atoms with Gasteiger partial charge in [-0.2, -0.15) is 0 Å². The molecule has 0 fully saturated rings. The molecule has 3 N–H and O–H groups in total. The van der Waals surface area contributed by atoms with Gasteiger partial charge in [0.2, 0.25) is 0 Å². The van der Waals surface area contributed by atoms with Crippen LogP contribution in [0.1, 0.15) is 23.6 Å². The summed E-state index contributed by atoms with van der Waals surface area (Å²) < 4.78 is 0. The SMILES string of the molecule is C/C(=C(\NN)c1ccc(C)cc1)c1ccncc1. The summed E-state index contributed by atoms with van der Waals surface area (Å²) >= 11 is 0. The van der Waals surface area contributed by atoms with Crippen LogP contribution in [-0.4, -0.2) is 4.98 Å². The number of nitrogens with zero attached hydrogens (tertiary/aromatic N) is 1. The van der Waals surface area contributed by atoms with Gasteiger partial charge >= 0.3 is 0 Å². The Kier molecular flexibility index (Phi) is 3.75. The zero-order chi connectivity index (χ0) is 13.0. The molecule has 0 amide bonds. The molecule has 0 unspecified atom stereocenters. The minimum atomic E-state index is 0.932. The van der Waals surface area contributed by atoms with E-state index in [9.17, 15) is 0 Å². The van der Waals surface area contributed by atoms with Gasteiger partial charge in [0, 0.05) is 12.4 Å². The van der Waals surface area contributed by atoms with Crippen molar-refractivity contribution in [1.82, 2.24) is 10.4 Å². The monoisotopic (exact) mass is 239 g/mol. The molecular formula is C15H17N3. The molecule has 0 saturated carbocycles. The summed E-state index contributed by atoms with van der Waals surface area (Å²) in [6.07, 6.45) is 3.56. The van der Waals surface area contributed by atoms with Crippen molar-refractivity contribution in [2.45, 2.75) is 13.8 Å². The number of aryl methyl sites for hydroxylation is 1. The summed E-state index contributed by atoms with van der Waals surface area (Å²) in [6.45, 7) is 4.11. The fourth-order valence-corrected chi connectivity index (χ4v) is 1.87. The Balaban J connectivity index is 2.47. The first-order valence-corrected chi connectivity index (χ1v) is 5.87. The van der Waals surface area contributed by atoms with Crippen molar-refractivity contribution in [2.75, 3.05) is 0 Å². The smallest absolute Gasteiger partial charge is 0.0592 e. The fourth-order valence-electron chi connectivity index (χ4n) is 1.87. The summed E-state index contributed by atoms with van der Waals surface area (Å²) in [5.41, 5.74) is 8.25. The molecule has 2 aromatic rings. The minimum absolute atomic E-state index is 0.932. The lowest BCUT2D eigenvalue weighted by atomic mass is 10.0. The number of hydrazine groups is 1. The van der Waals surface area contributed by atoms with Crippen LogP contribution < -0.4 is 11.3 Å². The molecule has 0 aliphatic heterocycles. The largest absolute Gasteiger partial charge is 0.323 e. The normalized spacial score (nSPS) is 11.9. The Morgan fingerprint density at radius 1 is 1.00 bits per heavy atom. The number of rotatable bonds is 3. The maximum atomic E-state index is 5.66. The van der Waals surface area contributed by atoms with Gasteiger partial charge in [-0.05, 0) is 42.7 Å². The van der Waals surface area contributed by atoms with Crippen molar-refractivity contribution in [2.24, 2.45) is 5.84 Å². The number of nitrogens with one attached hydrogen (secondary N) is 1. The standard InChI is InChI=1S/C15H17N3/c1-11-3-5-14(6-4-11)15(18-16)12(2)13-7-9-17-10-8-13/h3-10,18H,16H2,1-2H3/b15-12+. The topological polar surface area (TPSA) is 50.9 Å². The summed E-state index contributed by atoms with van der Waals surface area (Å²) in [5.74, 6) is 5.66. The van der Waals surface area contributed by atoms with E-state index in [4.69, 9.17) is 5.84 Å². The van der Waals surface area contributed by atoms with E-state index in [-0.39, 0.29) is 0 Å². The number of hydrogen-bond acceptors (Lipinski definition) is 3. The van der Waals surface area contributed by atoms with Crippen molar-refractivity contribution in [3.05, 3.63) is 65.5 Å². The molecule has 0 atom stereocenters. The summed E-state index contributed by atoms with van der Waals surface area (Å²) in [6, 6.07) is 12.2. The predicted molar refractivity (Wildman–Crippen MR) is 75.2 cm³/mol. The molecule has 1 aromatic heterocycles. The lowest BCUT2D eigenvalue weighted by Crippen LogP contribution is -2.21. The summed E-state index contributed by atoms with van der Waals surface area (Å²) in [7, 11) is 0. The van der Waals surface area contributed by atoms with E-state index in [0.717, 1.165) is 22.4 Å². The third-order valence-corrected chi connectivity index (χ3v) is 2.97. The average Bonchev–Trinajstić information content (AvgIpc) is 2.42. The first-order chi connectivity index (χ1) is 8.72. The van der Waals surface area contributed by atoms with Crippen molar-refractivity contribution in [3.63, 3.8) is 0 Å². The second-order valence-corrected chi connectivity index (χ2v) is 4.25. The van der Waals surface area contributed by atoms with Crippen LogP contribution in [0.15, 0.2) is 48.8 Å². The molecule has 3 heteroatoms. The van der Waals surface area contributed by atoms with Crippen LogP contribution in [0.3, 0.4) is 0 Å². The molecule has 2 rings (SSSR count). The molecule has 92 valence electrons. The van der Waals surface area contributed by atoms with Crippen molar-refractivity contribution in [1.29, 1.82) is 0 Å². The van der Waals surface area contributed by atoms with Crippen molar-refractivity contribution >= 4 is 11.3 Å². The molecule has 0 spiro atoms. The highest BCUT2D eigenvalue weighted by Gasteiger charge is 2.06. The van der Waals surface area contributed by atoms with Crippen LogP contribution in [0.4, 0.5) is 0 Å². The van der Waals surface area contributed by atoms with Crippen LogP contribution in [0.2, 0.25) is 0 Å². The highest BCUT2D eigenvalue weighted by atomic mass is 15.2. The lowest BCUT2D eigenvalue weighted by Gasteiger charge is -2.12. The Morgan fingerprint density at radius 3 is 2.17 bits per heavy atom. The molecule has 0 radical (unpaired) electrons. The third-order valence-electron chi connectivity index (χ3n) is 2.97. The predicted octanol–water partition coefficient (Wildman–Crippen LogP) is 2.74. The Bertz CT molecular complexity index is 542. The molecule has 1 aromatic carbocycles. The van der Waals surface area contributed by atoms with Gasteiger partial charge in [0.05, 0.1) is 5.70 Å². The van der Waals surface area contributed by atoms with Gasteiger partial charge in [-0.25, -0.2) is 0 Å². The molecule has 1 heterocycles. The lowest BCUT2D eigenvalue weighted by molar-refractivity contribution is 0.991. The maximum Gasteiger partial charge on any atom is 0.0592 e. The van der Waals surface area contributed by atoms with Crippen molar-refractivity contribution < 1.29 is 0 Å². The average molecular weight is 239 g/mol. The van der Waals surface area contributed by atoms with Gasteiger partial charge < -0.3 is 5.43 Å². The van der Waals surface area contributed by atoms with E-state index in [1.807, 2.05) is 19.1 Å². The number of allylic oxidation sites excluding steroid dienone is 1. The van der Waals surface area contributed by atoms with Crippen LogP contribution in [0.5, 0.6) is 0 Å². The molecular weight excluding hydrogens is 222 g/mol. The van der Waals surface area contributed by atoms with Gasteiger partial charge in [0.1, 0.15) is 0 Å². The Labute approximate surface area is 107 Å². The summed E-state index contributed by atoms with van der Waals surface area (Å²) in [5, 5.41) is 0. The van der Waals surface area contributed by atoms with Crippen LogP contribution in [0.25, 0.3) is 11.3 Å². The van der Waals surface area contributed by atoms with Gasteiger partial charge in [0.15, 0.2) is 0 Å². The quantitative estimate of drug-likeness (QED) is 0.639. The van der Waals surface area contributed by atoms with Crippen LogP contribution in [0, 0.1) is 6.92 Å². The zero-order valence-electron chi connectivity index (χ0n) is 10.6. The van der Waals surface area contributed by atoms with Crippen molar-refractivity contribution in [3.8, 4) is 0 Å². The van der Waals surface area contributed by atoms with Gasteiger partial charge in [-0.1, -0.05) is 29.8 Å². The second kappa shape index (κ2) is 5.47. The van der Waals surface area contributed by atoms with E-state index in [1.54, 1.807) is 12.4 Å². The van der Waals surface area contributed by atoms with E-state index < -0.39 is 0 Å². The van der Waals surface area contributed by atoms with Gasteiger partial charge in [0.25, 0.3) is 0 Å². The molecule has 0 aliphatic rings. The van der Waals surface area contributed by atoms with Gasteiger partial charge in [-0.3, -0.25) is 10.8 Å². The number of hydrogen-bond donors (Lipinski definition) is 2. The number of aromatic nitrogens is 1. The van der Waals surface area contributed by atoms with Crippen LogP contribution >= 0.6 is 0 Å². The van der Waals surface area contributed by atoms with E-state index in [0.29, 0.717) is 0 Å². The number of nitrogens with two attached hydrogens (primary N) is 1. The Morgan fingerprint density at radius 2 is 1.61 bits per heavy atom. The highest BCUT2D eigenvalue weighted by Crippen LogP contribution is 2.23. The maximum absolute atomic E-state index is 5.66. The van der Waals surface area contributed by atoms with E-state index in [2.05, 4.69) is 41.6 Å². The molecule has 18 heavy (non-hydrogen) atoms. The Hall–Kier alpha value is -2.13. The minimum Gasteiger partial charge on any atom is -0.323 e. The first kappa shape index (κ1) is 12.3. The van der Waals surface area contributed by atoms with E-state index in [1.165, 1.54) is 5.56 Å². The van der Waals surface area contributed by atoms with Gasteiger partial charge in [-0.15, -0.1) is 0 Å². The highest BCUT2D eigenvalue weighted by molar-refractivity contribution is 5.88. The third kappa shape index (κ3) is 2.57.